The number of aromatic nitrogens is 1. The molecule has 1 aliphatic carbocycles. The zero-order valence-electron chi connectivity index (χ0n) is 11.7. The minimum Gasteiger partial charge on any atom is -0.397 e. The van der Waals surface area contributed by atoms with E-state index in [1.165, 1.54) is 29.0 Å². The van der Waals surface area contributed by atoms with E-state index in [4.69, 9.17) is 10.7 Å². The summed E-state index contributed by atoms with van der Waals surface area (Å²) in [5.74, 6) is 2.11. The number of pyridine rings is 1. The van der Waals surface area contributed by atoms with E-state index < -0.39 is 0 Å². The smallest absolute Gasteiger partial charge is 0.266 e. The summed E-state index contributed by atoms with van der Waals surface area (Å²) in [6, 6.07) is 2.15. The maximum Gasteiger partial charge on any atom is 0.266 e. The molecule has 21 heavy (non-hydrogen) atoms. The molecule has 0 aromatic carbocycles. The largest absolute Gasteiger partial charge is 0.397 e. The van der Waals surface area contributed by atoms with Crippen LogP contribution < -0.4 is 5.73 Å². The van der Waals surface area contributed by atoms with Crippen LogP contribution in [0.25, 0.3) is 10.2 Å². The molecule has 0 atom stereocenters. The molecule has 2 aromatic heterocycles. The summed E-state index contributed by atoms with van der Waals surface area (Å²) in [5.41, 5.74) is 9.38. The predicted octanol–water partition coefficient (Wildman–Crippen LogP) is 2.56. The van der Waals surface area contributed by atoms with E-state index in [9.17, 15) is 4.79 Å². The van der Waals surface area contributed by atoms with E-state index in [1.807, 2.05) is 16.7 Å². The maximum absolute atomic E-state index is 12.7. The molecule has 1 fully saturated rings. The third-order valence-electron chi connectivity index (χ3n) is 4.24. The van der Waals surface area contributed by atoms with Crippen LogP contribution in [0.2, 0.25) is 0 Å². The minimum atomic E-state index is 0.0796. The lowest BCUT2D eigenvalue weighted by atomic mass is 10.1. The van der Waals surface area contributed by atoms with Crippen LogP contribution in [-0.2, 0) is 12.8 Å². The fourth-order valence-electron chi connectivity index (χ4n) is 3.07. The van der Waals surface area contributed by atoms with E-state index in [0.717, 1.165) is 47.7 Å². The summed E-state index contributed by atoms with van der Waals surface area (Å²) in [5, 5.41) is 0.968. The van der Waals surface area contributed by atoms with Gasteiger partial charge in [0.05, 0.1) is 5.69 Å². The maximum atomic E-state index is 12.7. The average molecular weight is 319 g/mol. The number of carbonyl (C=O) groups is 1. The van der Waals surface area contributed by atoms with Crippen molar-refractivity contribution in [1.82, 2.24) is 9.88 Å². The number of nitrogens with zero attached hydrogens (tertiary/aromatic N) is 2. The molecule has 0 radical (unpaired) electrons. The Balaban J connectivity index is 1.75. The van der Waals surface area contributed by atoms with Crippen LogP contribution in [0.1, 0.15) is 27.3 Å². The second-order valence-corrected chi connectivity index (χ2v) is 7.77. The first-order chi connectivity index (χ1) is 10.2. The van der Waals surface area contributed by atoms with E-state index >= 15 is 0 Å². The van der Waals surface area contributed by atoms with Crippen molar-refractivity contribution in [3.63, 3.8) is 0 Å². The lowest BCUT2D eigenvalue weighted by Crippen LogP contribution is -2.37. The number of nitrogens with two attached hydrogens (primary N) is 1. The molecule has 2 N–H and O–H groups in total. The van der Waals surface area contributed by atoms with Crippen LogP contribution in [0.5, 0.6) is 0 Å². The Morgan fingerprint density at radius 2 is 2.10 bits per heavy atom. The average Bonchev–Trinajstić information content (AvgIpc) is 3.10. The summed E-state index contributed by atoms with van der Waals surface area (Å²) in [6.45, 7) is 1.64. The number of hydrogen-bond acceptors (Lipinski definition) is 5. The van der Waals surface area contributed by atoms with E-state index in [0.29, 0.717) is 10.6 Å². The summed E-state index contributed by atoms with van der Waals surface area (Å²) in [7, 11) is 0. The first-order valence-corrected chi connectivity index (χ1v) is 9.29. The first kappa shape index (κ1) is 13.4. The molecule has 0 unspecified atom stereocenters. The summed E-state index contributed by atoms with van der Waals surface area (Å²) < 4.78 is 0. The van der Waals surface area contributed by atoms with Gasteiger partial charge < -0.3 is 10.6 Å². The van der Waals surface area contributed by atoms with Gasteiger partial charge >= 0.3 is 0 Å². The molecular formula is C15H17N3OS2. The number of carbonyl (C=O) groups excluding carboxylic acids is 1. The SMILES string of the molecule is Nc1c(C(=O)N2CCSCC2)sc2nc3c(cc12)CCC3. The van der Waals surface area contributed by atoms with Crippen molar-refractivity contribution < 1.29 is 4.79 Å². The van der Waals surface area contributed by atoms with Crippen molar-refractivity contribution in [2.45, 2.75) is 19.3 Å². The third-order valence-corrected chi connectivity index (χ3v) is 6.29. The van der Waals surface area contributed by atoms with Gasteiger partial charge in [0.2, 0.25) is 0 Å². The van der Waals surface area contributed by atoms with Crippen molar-refractivity contribution >= 4 is 44.9 Å². The van der Waals surface area contributed by atoms with Gasteiger partial charge in [-0.2, -0.15) is 11.8 Å². The molecule has 1 saturated heterocycles. The number of rotatable bonds is 1. The van der Waals surface area contributed by atoms with E-state index in [2.05, 4.69) is 6.07 Å². The number of fused-ring (bicyclic) bond motifs is 2. The van der Waals surface area contributed by atoms with Gasteiger partial charge in [0.25, 0.3) is 5.91 Å². The molecule has 4 rings (SSSR count). The van der Waals surface area contributed by atoms with Crippen LogP contribution in [0.15, 0.2) is 6.07 Å². The number of aryl methyl sites for hydroxylation is 2. The molecule has 1 amide bonds. The Morgan fingerprint density at radius 1 is 1.29 bits per heavy atom. The quantitative estimate of drug-likeness (QED) is 0.877. The molecule has 4 nitrogen and oxygen atoms in total. The van der Waals surface area contributed by atoms with Crippen LogP contribution in [0, 0.1) is 0 Å². The van der Waals surface area contributed by atoms with Gasteiger partial charge in [-0.1, -0.05) is 0 Å². The standard InChI is InChI=1S/C15H17N3OS2/c16-12-10-8-9-2-1-3-11(9)17-14(10)21-13(12)15(19)18-4-6-20-7-5-18/h8H,1-7,16H2. The Morgan fingerprint density at radius 3 is 2.90 bits per heavy atom. The van der Waals surface area contributed by atoms with Crippen molar-refractivity contribution in [3.05, 3.63) is 22.2 Å². The predicted molar refractivity (Wildman–Crippen MR) is 89.3 cm³/mol. The van der Waals surface area contributed by atoms with Crippen LogP contribution in [0.4, 0.5) is 5.69 Å². The Hall–Kier alpha value is -1.27. The molecule has 110 valence electrons. The molecule has 0 bridgehead atoms. The van der Waals surface area contributed by atoms with Crippen molar-refractivity contribution in [3.8, 4) is 0 Å². The van der Waals surface area contributed by atoms with Gasteiger partial charge in [0.1, 0.15) is 9.71 Å². The Labute approximate surface area is 131 Å². The highest BCUT2D eigenvalue weighted by Gasteiger charge is 2.25. The topological polar surface area (TPSA) is 59.2 Å². The van der Waals surface area contributed by atoms with Gasteiger partial charge in [0, 0.05) is 35.7 Å². The molecule has 0 spiro atoms. The molecular weight excluding hydrogens is 302 g/mol. The number of thiophene rings is 1. The lowest BCUT2D eigenvalue weighted by molar-refractivity contribution is 0.0778. The number of anilines is 1. The zero-order chi connectivity index (χ0) is 14.4. The molecule has 1 aliphatic heterocycles. The van der Waals surface area contributed by atoms with Crippen molar-refractivity contribution in [2.75, 3.05) is 30.3 Å². The van der Waals surface area contributed by atoms with Crippen molar-refractivity contribution in [2.24, 2.45) is 0 Å². The van der Waals surface area contributed by atoms with Gasteiger partial charge in [-0.15, -0.1) is 11.3 Å². The highest BCUT2D eigenvalue weighted by Crippen LogP contribution is 2.36. The van der Waals surface area contributed by atoms with Crippen LogP contribution >= 0.6 is 23.1 Å². The zero-order valence-corrected chi connectivity index (χ0v) is 13.4. The number of thioether (sulfide) groups is 1. The molecule has 3 heterocycles. The third kappa shape index (κ3) is 2.21. The number of hydrogen-bond donors (Lipinski definition) is 1. The summed E-state index contributed by atoms with van der Waals surface area (Å²) >= 11 is 3.36. The molecule has 2 aliphatic rings. The van der Waals surface area contributed by atoms with Crippen LogP contribution in [0.3, 0.4) is 0 Å². The minimum absolute atomic E-state index is 0.0796. The van der Waals surface area contributed by atoms with Crippen LogP contribution in [-0.4, -0.2) is 40.4 Å². The normalized spacial score (nSPS) is 18.2. The van der Waals surface area contributed by atoms with E-state index in [-0.39, 0.29) is 5.91 Å². The first-order valence-electron chi connectivity index (χ1n) is 7.32. The molecule has 6 heteroatoms. The fourth-order valence-corrected chi connectivity index (χ4v) is 5.03. The van der Waals surface area contributed by atoms with Crippen molar-refractivity contribution in [1.29, 1.82) is 0 Å². The van der Waals surface area contributed by atoms with Gasteiger partial charge in [0.15, 0.2) is 0 Å². The highest BCUT2D eigenvalue weighted by atomic mass is 32.2. The monoisotopic (exact) mass is 319 g/mol. The van der Waals surface area contributed by atoms with Gasteiger partial charge in [-0.25, -0.2) is 4.98 Å². The Kier molecular flexibility index (Phi) is 3.30. The molecule has 2 aromatic rings. The molecule has 0 saturated carbocycles. The number of amides is 1. The summed E-state index contributed by atoms with van der Waals surface area (Å²) in [6.07, 6.45) is 3.31. The highest BCUT2D eigenvalue weighted by molar-refractivity contribution is 7.99. The number of nitrogen functional groups attached to an aromatic ring is 1. The van der Waals surface area contributed by atoms with E-state index in [1.54, 1.807) is 0 Å². The Bertz CT molecular complexity index is 719. The fraction of sp³-hybridized carbons (Fsp3) is 0.467. The second-order valence-electron chi connectivity index (χ2n) is 5.55. The lowest BCUT2D eigenvalue weighted by Gasteiger charge is -2.26. The summed E-state index contributed by atoms with van der Waals surface area (Å²) in [4.78, 5) is 20.9. The van der Waals surface area contributed by atoms with Gasteiger partial charge in [-0.3, -0.25) is 4.79 Å². The van der Waals surface area contributed by atoms with Gasteiger partial charge in [-0.05, 0) is 30.9 Å². The second kappa shape index (κ2) is 5.18.